The minimum absolute atomic E-state index is 0.185. The number of allylic oxidation sites excluding steroid dienone is 6. The van der Waals surface area contributed by atoms with E-state index in [0.29, 0.717) is 5.33 Å². The van der Waals surface area contributed by atoms with Crippen molar-refractivity contribution in [3.63, 3.8) is 0 Å². The van der Waals surface area contributed by atoms with Gasteiger partial charge in [-0.25, -0.2) is 8.78 Å². The smallest absolute Gasteiger partial charge is 0.126 e. The normalized spacial score (nSPS) is 18.3. The molecule has 0 atom stereocenters. The average molecular weight is 221 g/mol. The molecule has 0 aromatic carbocycles. The Hall–Kier alpha value is -0.440. The third-order valence-electron chi connectivity index (χ3n) is 1.33. The molecule has 0 heterocycles. The Morgan fingerprint density at radius 2 is 2.09 bits per heavy atom. The molecular formula is C8H7BrF2. The number of alkyl halides is 1. The molecule has 0 spiro atoms. The van der Waals surface area contributed by atoms with Gasteiger partial charge >= 0.3 is 0 Å². The van der Waals surface area contributed by atoms with Gasteiger partial charge in [0, 0.05) is 17.8 Å². The summed E-state index contributed by atoms with van der Waals surface area (Å²) in [6, 6.07) is 0. The highest BCUT2D eigenvalue weighted by Crippen LogP contribution is 2.18. The number of rotatable bonds is 1. The second kappa shape index (κ2) is 3.81. The van der Waals surface area contributed by atoms with E-state index in [-0.39, 0.29) is 6.42 Å². The van der Waals surface area contributed by atoms with Gasteiger partial charge in [-0.1, -0.05) is 22.0 Å². The molecule has 1 aliphatic carbocycles. The predicted molar refractivity (Wildman–Crippen MR) is 44.9 cm³/mol. The maximum absolute atomic E-state index is 12.6. The Morgan fingerprint density at radius 3 is 2.73 bits per heavy atom. The van der Waals surface area contributed by atoms with Crippen LogP contribution in [0.25, 0.3) is 0 Å². The average Bonchev–Trinajstić information content (AvgIpc) is 2.11. The fourth-order valence-electron chi connectivity index (χ4n) is 0.808. The largest absolute Gasteiger partial charge is 0.211 e. The van der Waals surface area contributed by atoms with Crippen LogP contribution in [-0.4, -0.2) is 5.33 Å². The van der Waals surface area contributed by atoms with Crippen LogP contribution in [0.5, 0.6) is 0 Å². The summed E-state index contributed by atoms with van der Waals surface area (Å²) >= 11 is 3.17. The monoisotopic (exact) mass is 220 g/mol. The molecule has 0 bridgehead atoms. The molecule has 0 radical (unpaired) electrons. The first kappa shape index (κ1) is 8.65. The molecule has 0 aliphatic heterocycles. The third kappa shape index (κ3) is 2.58. The van der Waals surface area contributed by atoms with Crippen LogP contribution in [0.3, 0.4) is 0 Å². The zero-order valence-electron chi connectivity index (χ0n) is 5.78. The van der Waals surface area contributed by atoms with E-state index in [2.05, 4.69) is 15.9 Å². The van der Waals surface area contributed by atoms with Crippen LogP contribution < -0.4 is 0 Å². The van der Waals surface area contributed by atoms with Crippen LogP contribution in [-0.2, 0) is 0 Å². The molecule has 11 heavy (non-hydrogen) atoms. The predicted octanol–water partition coefficient (Wildman–Crippen LogP) is 3.42. The van der Waals surface area contributed by atoms with E-state index in [0.717, 1.165) is 11.6 Å². The summed E-state index contributed by atoms with van der Waals surface area (Å²) in [6.07, 6.45) is 4.07. The Bertz CT molecular complexity index is 238. The maximum atomic E-state index is 12.6. The molecule has 0 saturated heterocycles. The van der Waals surface area contributed by atoms with Gasteiger partial charge in [-0.05, 0) is 11.6 Å². The lowest BCUT2D eigenvalue weighted by atomic mass is 10.2. The van der Waals surface area contributed by atoms with Crippen molar-refractivity contribution in [1.29, 1.82) is 0 Å². The number of hydrogen-bond acceptors (Lipinski definition) is 0. The Balaban J connectivity index is 2.85. The standard InChI is InChI=1S/C8H7BrF2/c9-5-6-1-2-7(10)4-8(11)3-6/h1,3-4H,2,5H2. The van der Waals surface area contributed by atoms with Crippen molar-refractivity contribution in [2.45, 2.75) is 6.42 Å². The van der Waals surface area contributed by atoms with Gasteiger partial charge < -0.3 is 0 Å². The van der Waals surface area contributed by atoms with Crippen molar-refractivity contribution >= 4 is 15.9 Å². The van der Waals surface area contributed by atoms with Crippen LogP contribution in [0, 0.1) is 0 Å². The van der Waals surface area contributed by atoms with Crippen LogP contribution >= 0.6 is 15.9 Å². The summed E-state index contributed by atoms with van der Waals surface area (Å²) in [5.74, 6) is -0.958. The van der Waals surface area contributed by atoms with Crippen LogP contribution in [0.2, 0.25) is 0 Å². The summed E-state index contributed by atoms with van der Waals surface area (Å²) in [6.45, 7) is 0. The van der Waals surface area contributed by atoms with Crippen LogP contribution in [0.4, 0.5) is 8.78 Å². The van der Waals surface area contributed by atoms with E-state index < -0.39 is 11.7 Å². The number of hydrogen-bond donors (Lipinski definition) is 0. The van der Waals surface area contributed by atoms with Crippen molar-refractivity contribution in [3.05, 3.63) is 35.5 Å². The van der Waals surface area contributed by atoms with E-state index in [9.17, 15) is 8.78 Å². The van der Waals surface area contributed by atoms with Gasteiger partial charge in [0.15, 0.2) is 0 Å². The first-order valence-electron chi connectivity index (χ1n) is 3.20. The molecule has 60 valence electrons. The minimum atomic E-state index is -0.522. The van der Waals surface area contributed by atoms with E-state index in [4.69, 9.17) is 0 Å². The fourth-order valence-corrected chi connectivity index (χ4v) is 1.20. The molecule has 1 aliphatic rings. The molecule has 0 nitrogen and oxygen atoms in total. The molecular weight excluding hydrogens is 214 g/mol. The maximum Gasteiger partial charge on any atom is 0.126 e. The quantitative estimate of drug-likeness (QED) is 0.595. The van der Waals surface area contributed by atoms with Gasteiger partial charge in [0.05, 0.1) is 0 Å². The molecule has 0 amide bonds. The summed E-state index contributed by atoms with van der Waals surface area (Å²) in [5.41, 5.74) is 0.770. The third-order valence-corrected chi connectivity index (χ3v) is 1.98. The molecule has 0 aromatic rings. The fraction of sp³-hybridized carbons (Fsp3) is 0.250. The van der Waals surface area contributed by atoms with Gasteiger partial charge in [0.1, 0.15) is 11.7 Å². The van der Waals surface area contributed by atoms with Gasteiger partial charge in [-0.2, -0.15) is 0 Å². The Labute approximate surface area is 72.4 Å². The summed E-state index contributed by atoms with van der Waals surface area (Å²) < 4.78 is 25.1. The lowest BCUT2D eigenvalue weighted by Crippen LogP contribution is -1.77. The van der Waals surface area contributed by atoms with E-state index in [1.807, 2.05) is 0 Å². The molecule has 3 heteroatoms. The van der Waals surface area contributed by atoms with Crippen LogP contribution in [0.1, 0.15) is 6.42 Å². The lowest BCUT2D eigenvalue weighted by Gasteiger charge is -1.91. The zero-order chi connectivity index (χ0) is 8.27. The summed E-state index contributed by atoms with van der Waals surface area (Å²) in [5, 5.41) is 0.557. The van der Waals surface area contributed by atoms with Crippen molar-refractivity contribution in [3.8, 4) is 0 Å². The molecule has 0 N–H and O–H groups in total. The van der Waals surface area contributed by atoms with Crippen molar-refractivity contribution in [1.82, 2.24) is 0 Å². The highest BCUT2D eigenvalue weighted by molar-refractivity contribution is 9.09. The van der Waals surface area contributed by atoms with Crippen molar-refractivity contribution in [2.75, 3.05) is 5.33 Å². The van der Waals surface area contributed by atoms with E-state index in [1.165, 1.54) is 6.08 Å². The molecule has 0 unspecified atom stereocenters. The minimum Gasteiger partial charge on any atom is -0.211 e. The SMILES string of the molecule is FC1=CC(CBr)=CCC(F)=C1. The highest BCUT2D eigenvalue weighted by atomic mass is 79.9. The molecule has 0 fully saturated rings. The van der Waals surface area contributed by atoms with Crippen LogP contribution in [0.15, 0.2) is 35.5 Å². The highest BCUT2D eigenvalue weighted by Gasteiger charge is 2.02. The van der Waals surface area contributed by atoms with E-state index >= 15 is 0 Å². The van der Waals surface area contributed by atoms with Crippen molar-refractivity contribution < 1.29 is 8.78 Å². The van der Waals surface area contributed by atoms with Gasteiger partial charge in [-0.15, -0.1) is 0 Å². The second-order valence-electron chi connectivity index (χ2n) is 2.24. The van der Waals surface area contributed by atoms with E-state index in [1.54, 1.807) is 6.08 Å². The van der Waals surface area contributed by atoms with Gasteiger partial charge in [0.25, 0.3) is 0 Å². The van der Waals surface area contributed by atoms with Gasteiger partial charge in [0.2, 0.25) is 0 Å². The Morgan fingerprint density at radius 1 is 1.36 bits per heavy atom. The molecule has 1 rings (SSSR count). The molecule has 0 aromatic heterocycles. The summed E-state index contributed by atoms with van der Waals surface area (Å²) in [7, 11) is 0. The topological polar surface area (TPSA) is 0 Å². The first-order chi connectivity index (χ1) is 5.22. The zero-order valence-corrected chi connectivity index (χ0v) is 7.37. The summed E-state index contributed by atoms with van der Waals surface area (Å²) in [4.78, 5) is 0. The molecule has 0 saturated carbocycles. The van der Waals surface area contributed by atoms with Gasteiger partial charge in [-0.3, -0.25) is 0 Å². The second-order valence-corrected chi connectivity index (χ2v) is 2.80. The van der Waals surface area contributed by atoms with Crippen molar-refractivity contribution in [2.24, 2.45) is 0 Å². The lowest BCUT2D eigenvalue weighted by molar-refractivity contribution is 0.600. The first-order valence-corrected chi connectivity index (χ1v) is 4.33. The number of halogens is 3. The Kier molecular flexibility index (Phi) is 3.00.